The minimum absolute atomic E-state index is 0.235. The highest BCUT2D eigenvalue weighted by Gasteiger charge is 2.15. The van der Waals surface area contributed by atoms with Crippen LogP contribution in [-0.4, -0.2) is 50.1 Å². The van der Waals surface area contributed by atoms with Crippen LogP contribution in [0.3, 0.4) is 0 Å². The van der Waals surface area contributed by atoms with Crippen LogP contribution in [0, 0.1) is 0 Å². The molecule has 0 bridgehead atoms. The van der Waals surface area contributed by atoms with Crippen molar-refractivity contribution in [3.63, 3.8) is 0 Å². The Hall–Kier alpha value is -1.17. The van der Waals surface area contributed by atoms with Gasteiger partial charge >= 0.3 is 0 Å². The van der Waals surface area contributed by atoms with Crippen LogP contribution in [-0.2, 0) is 9.47 Å². The molecular formula is C15H26N2O3. The van der Waals surface area contributed by atoms with Gasteiger partial charge in [0.05, 0.1) is 36.9 Å². The lowest BCUT2D eigenvalue weighted by Gasteiger charge is -2.30. The van der Waals surface area contributed by atoms with E-state index in [1.807, 2.05) is 19.1 Å². The van der Waals surface area contributed by atoms with E-state index in [9.17, 15) is 5.11 Å². The Labute approximate surface area is 121 Å². The van der Waals surface area contributed by atoms with Crippen molar-refractivity contribution in [1.82, 2.24) is 4.98 Å². The molecule has 2 atom stereocenters. The first-order valence-corrected chi connectivity index (χ1v) is 7.02. The number of methoxy groups -OCH3 is 2. The van der Waals surface area contributed by atoms with Crippen molar-refractivity contribution in [3.8, 4) is 0 Å². The number of aliphatic hydroxyl groups is 1. The molecule has 0 aliphatic heterocycles. The molecule has 5 nitrogen and oxygen atoms in total. The van der Waals surface area contributed by atoms with Crippen LogP contribution in [0.25, 0.3) is 0 Å². The lowest BCUT2D eigenvalue weighted by atomic mass is 10.1. The van der Waals surface area contributed by atoms with Gasteiger partial charge in [-0.3, -0.25) is 4.98 Å². The molecule has 0 radical (unpaired) electrons. The number of nitrogens with zero attached hydrogens (tertiary/aromatic N) is 2. The number of aromatic nitrogens is 1. The fraction of sp³-hybridized carbons (Fsp3) is 0.667. The van der Waals surface area contributed by atoms with Gasteiger partial charge in [0.2, 0.25) is 0 Å². The van der Waals surface area contributed by atoms with E-state index < -0.39 is 6.10 Å². The lowest BCUT2D eigenvalue weighted by molar-refractivity contribution is 0.168. The van der Waals surface area contributed by atoms with E-state index in [1.54, 1.807) is 20.4 Å². The van der Waals surface area contributed by atoms with Gasteiger partial charge in [0.1, 0.15) is 0 Å². The maximum atomic E-state index is 9.78. The van der Waals surface area contributed by atoms with E-state index in [4.69, 9.17) is 9.47 Å². The second kappa shape index (κ2) is 8.89. The SMILES string of the molecule is CC[C@H](O)c1ccc(N(CCOC)C(C)COC)cn1. The summed E-state index contributed by atoms with van der Waals surface area (Å²) in [6.07, 6.45) is 1.98. The standard InChI is InChI=1S/C15H26N2O3/c1-5-15(18)14-7-6-13(10-16-14)17(8-9-19-3)12(2)11-20-4/h6-7,10,12,15,18H,5,8-9,11H2,1-4H3/t12?,15-/m0/s1. The maximum Gasteiger partial charge on any atom is 0.0957 e. The van der Waals surface area contributed by atoms with Crippen molar-refractivity contribution >= 4 is 5.69 Å². The topological polar surface area (TPSA) is 54.8 Å². The molecule has 1 aromatic rings. The summed E-state index contributed by atoms with van der Waals surface area (Å²) in [5.74, 6) is 0. The van der Waals surface area contributed by atoms with Gasteiger partial charge < -0.3 is 19.5 Å². The van der Waals surface area contributed by atoms with Crippen LogP contribution >= 0.6 is 0 Å². The van der Waals surface area contributed by atoms with Gasteiger partial charge in [-0.05, 0) is 25.5 Å². The van der Waals surface area contributed by atoms with Crippen LogP contribution in [0.4, 0.5) is 5.69 Å². The summed E-state index contributed by atoms with van der Waals surface area (Å²) in [7, 11) is 3.39. The molecule has 5 heteroatoms. The monoisotopic (exact) mass is 282 g/mol. The number of pyridine rings is 1. The van der Waals surface area contributed by atoms with E-state index in [1.165, 1.54) is 0 Å². The summed E-state index contributed by atoms with van der Waals surface area (Å²) in [6, 6.07) is 4.10. The van der Waals surface area contributed by atoms with Crippen molar-refractivity contribution in [2.24, 2.45) is 0 Å². The maximum absolute atomic E-state index is 9.78. The van der Waals surface area contributed by atoms with Crippen LogP contribution in [0.5, 0.6) is 0 Å². The average molecular weight is 282 g/mol. The summed E-state index contributed by atoms with van der Waals surface area (Å²) >= 11 is 0. The molecule has 0 aliphatic carbocycles. The molecule has 1 aromatic heterocycles. The van der Waals surface area contributed by atoms with Crippen molar-refractivity contribution in [3.05, 3.63) is 24.0 Å². The van der Waals surface area contributed by atoms with Crippen LogP contribution in [0.1, 0.15) is 32.1 Å². The van der Waals surface area contributed by atoms with Crippen LogP contribution in [0.15, 0.2) is 18.3 Å². The third-order valence-electron chi connectivity index (χ3n) is 3.31. The molecule has 20 heavy (non-hydrogen) atoms. The molecule has 1 unspecified atom stereocenters. The van der Waals surface area contributed by atoms with E-state index in [2.05, 4.69) is 16.8 Å². The van der Waals surface area contributed by atoms with Crippen LogP contribution in [0.2, 0.25) is 0 Å². The van der Waals surface area contributed by atoms with Crippen molar-refractivity contribution in [2.45, 2.75) is 32.4 Å². The molecule has 0 amide bonds. The van der Waals surface area contributed by atoms with E-state index >= 15 is 0 Å². The van der Waals surface area contributed by atoms with E-state index in [0.29, 0.717) is 25.3 Å². The Kier molecular flexibility index (Phi) is 7.51. The second-order valence-electron chi connectivity index (χ2n) is 4.86. The summed E-state index contributed by atoms with van der Waals surface area (Å²) in [4.78, 5) is 6.54. The Morgan fingerprint density at radius 3 is 2.55 bits per heavy atom. The number of aliphatic hydroxyl groups excluding tert-OH is 1. The van der Waals surface area contributed by atoms with E-state index in [-0.39, 0.29) is 6.04 Å². The predicted molar refractivity (Wildman–Crippen MR) is 80.0 cm³/mol. The summed E-state index contributed by atoms with van der Waals surface area (Å²) in [6.45, 7) is 6.11. The van der Waals surface area contributed by atoms with Crippen molar-refractivity contribution < 1.29 is 14.6 Å². The van der Waals surface area contributed by atoms with Crippen molar-refractivity contribution in [1.29, 1.82) is 0 Å². The van der Waals surface area contributed by atoms with Gasteiger partial charge in [-0.15, -0.1) is 0 Å². The molecular weight excluding hydrogens is 256 g/mol. The molecule has 1 rings (SSSR count). The average Bonchev–Trinajstić information content (AvgIpc) is 2.48. The fourth-order valence-corrected chi connectivity index (χ4v) is 2.10. The molecule has 0 aromatic carbocycles. The Balaban J connectivity index is 2.84. The van der Waals surface area contributed by atoms with Gasteiger partial charge in [0.25, 0.3) is 0 Å². The molecule has 0 saturated carbocycles. The lowest BCUT2D eigenvalue weighted by Crippen LogP contribution is -2.38. The Morgan fingerprint density at radius 2 is 2.05 bits per heavy atom. The number of anilines is 1. The minimum atomic E-state index is -0.493. The molecule has 1 N–H and O–H groups in total. The van der Waals surface area contributed by atoms with Gasteiger partial charge in [0, 0.05) is 26.8 Å². The highest BCUT2D eigenvalue weighted by Crippen LogP contribution is 2.20. The zero-order chi connectivity index (χ0) is 15.0. The minimum Gasteiger partial charge on any atom is -0.387 e. The Morgan fingerprint density at radius 1 is 1.30 bits per heavy atom. The first kappa shape index (κ1) is 16.9. The summed E-state index contributed by atoms with van der Waals surface area (Å²) in [5, 5.41) is 9.78. The molecule has 0 spiro atoms. The highest BCUT2D eigenvalue weighted by molar-refractivity contribution is 5.45. The zero-order valence-corrected chi connectivity index (χ0v) is 12.9. The Bertz CT molecular complexity index is 370. The number of hydrogen-bond acceptors (Lipinski definition) is 5. The largest absolute Gasteiger partial charge is 0.387 e. The zero-order valence-electron chi connectivity index (χ0n) is 12.9. The third kappa shape index (κ3) is 4.74. The molecule has 0 saturated heterocycles. The quantitative estimate of drug-likeness (QED) is 0.751. The van der Waals surface area contributed by atoms with Gasteiger partial charge in [-0.1, -0.05) is 6.92 Å². The molecule has 0 aliphatic rings. The fourth-order valence-electron chi connectivity index (χ4n) is 2.10. The molecule has 1 heterocycles. The summed E-state index contributed by atoms with van der Waals surface area (Å²) in [5.41, 5.74) is 1.72. The van der Waals surface area contributed by atoms with Gasteiger partial charge in [-0.2, -0.15) is 0 Å². The second-order valence-corrected chi connectivity index (χ2v) is 4.86. The normalized spacial score (nSPS) is 14.1. The first-order valence-electron chi connectivity index (χ1n) is 7.02. The van der Waals surface area contributed by atoms with Crippen LogP contribution < -0.4 is 4.90 Å². The molecule has 114 valence electrons. The number of rotatable bonds is 9. The van der Waals surface area contributed by atoms with Gasteiger partial charge in [0.15, 0.2) is 0 Å². The first-order chi connectivity index (χ1) is 9.63. The smallest absolute Gasteiger partial charge is 0.0957 e. The van der Waals surface area contributed by atoms with Crippen molar-refractivity contribution in [2.75, 3.05) is 38.9 Å². The summed E-state index contributed by atoms with van der Waals surface area (Å²) < 4.78 is 10.4. The number of ether oxygens (including phenoxy) is 2. The molecule has 0 fully saturated rings. The third-order valence-corrected chi connectivity index (χ3v) is 3.31. The predicted octanol–water partition coefficient (Wildman–Crippen LogP) is 2.01. The highest BCUT2D eigenvalue weighted by atomic mass is 16.5. The van der Waals surface area contributed by atoms with Gasteiger partial charge in [-0.25, -0.2) is 0 Å². The van der Waals surface area contributed by atoms with E-state index in [0.717, 1.165) is 12.2 Å². The number of hydrogen-bond donors (Lipinski definition) is 1.